The van der Waals surface area contributed by atoms with E-state index in [1.165, 1.54) is 0 Å². The van der Waals surface area contributed by atoms with Gasteiger partial charge in [0.1, 0.15) is 6.42 Å². The molecule has 3 nitrogen and oxygen atoms in total. The smallest absolute Gasteiger partial charge is 0.351 e. The number of nitrogens with zero attached hydrogens (tertiary/aromatic N) is 1. The Morgan fingerprint density at radius 1 is 1.32 bits per heavy atom. The van der Waals surface area contributed by atoms with Gasteiger partial charge in [0, 0.05) is 19.1 Å². The Morgan fingerprint density at radius 3 is 2.55 bits per heavy atom. The van der Waals surface area contributed by atoms with Gasteiger partial charge < -0.3 is 10.2 Å². The van der Waals surface area contributed by atoms with Gasteiger partial charge in [-0.25, -0.2) is 0 Å². The number of amides is 1. The van der Waals surface area contributed by atoms with Crippen LogP contribution in [0.1, 0.15) is 25.7 Å². The van der Waals surface area contributed by atoms with Crippen LogP contribution in [0.25, 0.3) is 0 Å². The summed E-state index contributed by atoms with van der Waals surface area (Å²) in [6.07, 6.45) is -0.341. The van der Waals surface area contributed by atoms with E-state index in [-0.39, 0.29) is 18.4 Å². The molecule has 1 heterocycles. The number of carbonyl (C=O) groups excluding carboxylic acids is 1. The maximum absolute atomic E-state index is 12.3. The number of alkyl halides is 3. The zero-order chi connectivity index (χ0) is 15.5. The van der Waals surface area contributed by atoms with Gasteiger partial charge in [-0.15, -0.1) is 12.4 Å². The van der Waals surface area contributed by atoms with Gasteiger partial charge in [-0.1, -0.05) is 0 Å². The van der Waals surface area contributed by atoms with Crippen molar-refractivity contribution in [3.63, 3.8) is 0 Å². The van der Waals surface area contributed by atoms with Crippen molar-refractivity contribution in [2.24, 2.45) is 11.8 Å². The van der Waals surface area contributed by atoms with Gasteiger partial charge in [0.15, 0.2) is 0 Å². The van der Waals surface area contributed by atoms with E-state index in [2.05, 4.69) is 16.5 Å². The molecule has 1 saturated heterocycles. The van der Waals surface area contributed by atoms with Crippen LogP contribution in [-0.4, -0.2) is 54.7 Å². The minimum atomic E-state index is -4.42. The van der Waals surface area contributed by atoms with Gasteiger partial charge in [0.25, 0.3) is 0 Å². The molecule has 0 aromatic heterocycles. The lowest BCUT2D eigenvalue weighted by molar-refractivity contribution is -0.154. The quantitative estimate of drug-likeness (QED) is 0.708. The predicted molar refractivity (Wildman–Crippen MR) is 85.5 cm³/mol. The Bertz CT molecular complexity index is 366. The largest absolute Gasteiger partial charge is 0.397 e. The first-order chi connectivity index (χ1) is 9.89. The number of rotatable bonds is 7. The molecule has 8 heteroatoms. The van der Waals surface area contributed by atoms with Crippen LogP contribution in [0.3, 0.4) is 0 Å². The SMILES string of the molecule is CSCCCN1C[C@H](NC(=O)CC(F)(F)F)[C@@H](C2CC2)C1.Cl. The van der Waals surface area contributed by atoms with E-state index in [1.54, 1.807) is 11.8 Å². The van der Waals surface area contributed by atoms with Crippen molar-refractivity contribution < 1.29 is 18.0 Å². The summed E-state index contributed by atoms with van der Waals surface area (Å²) in [5.41, 5.74) is 0. The minimum absolute atomic E-state index is 0. The van der Waals surface area contributed by atoms with E-state index >= 15 is 0 Å². The lowest BCUT2D eigenvalue weighted by Gasteiger charge is -2.20. The molecular formula is C14H24ClF3N2OS. The molecule has 1 aliphatic carbocycles. The molecule has 0 unspecified atom stereocenters. The van der Waals surface area contributed by atoms with Gasteiger partial charge in [-0.2, -0.15) is 24.9 Å². The van der Waals surface area contributed by atoms with Crippen molar-refractivity contribution in [3.8, 4) is 0 Å². The van der Waals surface area contributed by atoms with E-state index in [0.29, 0.717) is 18.4 Å². The molecule has 0 radical (unpaired) electrons. The van der Waals surface area contributed by atoms with Crippen molar-refractivity contribution in [2.75, 3.05) is 31.6 Å². The van der Waals surface area contributed by atoms with E-state index in [1.807, 2.05) is 0 Å². The van der Waals surface area contributed by atoms with Crippen molar-refractivity contribution in [1.82, 2.24) is 10.2 Å². The Hall–Kier alpha value is -0.140. The zero-order valence-corrected chi connectivity index (χ0v) is 14.3. The third kappa shape index (κ3) is 6.54. The highest BCUT2D eigenvalue weighted by Gasteiger charge is 2.43. The van der Waals surface area contributed by atoms with Crippen LogP contribution < -0.4 is 5.32 Å². The molecule has 1 saturated carbocycles. The van der Waals surface area contributed by atoms with Crippen LogP contribution in [0.5, 0.6) is 0 Å². The van der Waals surface area contributed by atoms with Crippen LogP contribution in [-0.2, 0) is 4.79 Å². The maximum Gasteiger partial charge on any atom is 0.397 e. The van der Waals surface area contributed by atoms with Crippen LogP contribution >= 0.6 is 24.2 Å². The van der Waals surface area contributed by atoms with Gasteiger partial charge in [0.05, 0.1) is 0 Å². The lowest BCUT2D eigenvalue weighted by atomic mass is 9.98. The van der Waals surface area contributed by atoms with E-state index in [0.717, 1.165) is 38.1 Å². The average Bonchev–Trinajstić information content (AvgIpc) is 3.11. The summed E-state index contributed by atoms with van der Waals surface area (Å²) in [4.78, 5) is 13.8. The number of likely N-dealkylation sites (tertiary alicyclic amines) is 1. The van der Waals surface area contributed by atoms with Crippen molar-refractivity contribution in [3.05, 3.63) is 0 Å². The first-order valence-electron chi connectivity index (χ1n) is 7.46. The molecule has 0 aromatic rings. The number of carbonyl (C=O) groups is 1. The third-order valence-corrected chi connectivity index (χ3v) is 4.90. The maximum atomic E-state index is 12.3. The van der Waals surface area contributed by atoms with Crippen molar-refractivity contribution in [1.29, 1.82) is 0 Å². The van der Waals surface area contributed by atoms with E-state index in [4.69, 9.17) is 0 Å². The van der Waals surface area contributed by atoms with Gasteiger partial charge in [0.2, 0.25) is 5.91 Å². The van der Waals surface area contributed by atoms with Crippen LogP contribution in [0.2, 0.25) is 0 Å². The number of hydrogen-bond acceptors (Lipinski definition) is 3. The molecule has 0 aromatic carbocycles. The summed E-state index contributed by atoms with van der Waals surface area (Å²) >= 11 is 1.80. The van der Waals surface area contributed by atoms with Gasteiger partial charge >= 0.3 is 6.18 Å². The van der Waals surface area contributed by atoms with Gasteiger partial charge in [-0.05, 0) is 49.7 Å². The zero-order valence-electron chi connectivity index (χ0n) is 12.7. The summed E-state index contributed by atoms with van der Waals surface area (Å²) in [6, 6.07) is -0.110. The van der Waals surface area contributed by atoms with Crippen molar-refractivity contribution in [2.45, 2.75) is 37.9 Å². The molecule has 0 bridgehead atoms. The Kier molecular flexibility index (Phi) is 7.82. The highest BCUT2D eigenvalue weighted by molar-refractivity contribution is 7.98. The standard InChI is InChI=1S/C14H23F3N2OS.ClH/c1-21-6-2-5-19-8-11(10-3-4-10)12(9-19)18-13(20)7-14(15,16)17;/h10-12H,2-9H2,1H3,(H,18,20);1H/t11-,12+;/m1./s1. The number of thioether (sulfide) groups is 1. The fourth-order valence-corrected chi connectivity index (χ4v) is 3.54. The third-order valence-electron chi connectivity index (χ3n) is 4.20. The molecule has 22 heavy (non-hydrogen) atoms. The second-order valence-electron chi connectivity index (χ2n) is 6.07. The number of hydrogen-bond donors (Lipinski definition) is 1. The molecule has 2 rings (SSSR count). The van der Waals surface area contributed by atoms with E-state index < -0.39 is 18.5 Å². The molecule has 2 fully saturated rings. The minimum Gasteiger partial charge on any atom is -0.351 e. The van der Waals surface area contributed by atoms with Crippen LogP contribution in [0.15, 0.2) is 0 Å². The second kappa shape index (κ2) is 8.64. The summed E-state index contributed by atoms with van der Waals surface area (Å²) in [5.74, 6) is 1.13. The molecule has 1 aliphatic heterocycles. The highest BCUT2D eigenvalue weighted by Crippen LogP contribution is 2.41. The van der Waals surface area contributed by atoms with Crippen molar-refractivity contribution >= 4 is 30.1 Å². The van der Waals surface area contributed by atoms with Gasteiger partial charge in [-0.3, -0.25) is 4.79 Å². The molecule has 0 spiro atoms. The molecule has 2 atom stereocenters. The first kappa shape index (κ1) is 19.9. The van der Waals surface area contributed by atoms with Crippen LogP contribution in [0.4, 0.5) is 13.2 Å². The molecular weight excluding hydrogens is 337 g/mol. The second-order valence-corrected chi connectivity index (χ2v) is 7.06. The topological polar surface area (TPSA) is 32.3 Å². The Balaban J connectivity index is 0.00000242. The summed E-state index contributed by atoms with van der Waals surface area (Å²) in [5, 5.41) is 2.62. The van der Waals surface area contributed by atoms with E-state index in [9.17, 15) is 18.0 Å². The first-order valence-corrected chi connectivity index (χ1v) is 8.86. The summed E-state index contributed by atoms with van der Waals surface area (Å²) in [6.45, 7) is 2.57. The highest BCUT2D eigenvalue weighted by atomic mass is 35.5. The lowest BCUT2D eigenvalue weighted by Crippen LogP contribution is -2.42. The molecule has 130 valence electrons. The number of halogens is 4. The molecule has 1 N–H and O–H groups in total. The molecule has 1 amide bonds. The average molecular weight is 361 g/mol. The molecule has 2 aliphatic rings. The predicted octanol–water partition coefficient (Wildman–Crippen LogP) is 2.94. The summed E-state index contributed by atoms with van der Waals surface area (Å²) < 4.78 is 36.8. The number of nitrogens with one attached hydrogen (secondary N) is 1. The monoisotopic (exact) mass is 360 g/mol. The Morgan fingerprint density at radius 2 is 2.00 bits per heavy atom. The fraction of sp³-hybridized carbons (Fsp3) is 0.929. The van der Waals surface area contributed by atoms with Crippen LogP contribution in [0, 0.1) is 11.8 Å². The summed E-state index contributed by atoms with van der Waals surface area (Å²) in [7, 11) is 0. The normalized spacial score (nSPS) is 25.8. The Labute approximate surface area is 140 Å². The fourth-order valence-electron chi connectivity index (χ4n) is 3.12.